The van der Waals surface area contributed by atoms with Crippen LogP contribution in [0.3, 0.4) is 0 Å². The van der Waals surface area contributed by atoms with Crippen molar-refractivity contribution >= 4 is 11.3 Å². The van der Waals surface area contributed by atoms with E-state index in [2.05, 4.69) is 29.2 Å². The molecule has 0 aliphatic carbocycles. The molecule has 3 aromatic rings. The van der Waals surface area contributed by atoms with Gasteiger partial charge in [-0.1, -0.05) is 18.2 Å². The summed E-state index contributed by atoms with van der Waals surface area (Å²) in [5.41, 5.74) is 3.77. The first-order valence-electron chi connectivity index (χ1n) is 6.67. The van der Waals surface area contributed by atoms with Crippen LogP contribution in [0.1, 0.15) is 5.56 Å². The van der Waals surface area contributed by atoms with Gasteiger partial charge in [-0.05, 0) is 29.8 Å². The summed E-state index contributed by atoms with van der Waals surface area (Å²) in [7, 11) is 0. The lowest BCUT2D eigenvalue weighted by Crippen LogP contribution is -1.97. The molecule has 0 bridgehead atoms. The van der Waals surface area contributed by atoms with Crippen LogP contribution in [0.5, 0.6) is 5.75 Å². The van der Waals surface area contributed by atoms with Crippen molar-refractivity contribution in [2.45, 2.75) is 6.42 Å². The van der Waals surface area contributed by atoms with Crippen molar-refractivity contribution in [1.29, 1.82) is 0 Å². The number of hydrogen-bond acceptors (Lipinski definition) is 3. The molecule has 98 valence electrons. The fourth-order valence-electron chi connectivity index (χ4n) is 2.54. The second-order valence-electron chi connectivity index (χ2n) is 4.80. The van der Waals surface area contributed by atoms with E-state index in [4.69, 9.17) is 4.74 Å². The van der Waals surface area contributed by atoms with Gasteiger partial charge in [0.2, 0.25) is 0 Å². The molecule has 0 fully saturated rings. The van der Waals surface area contributed by atoms with E-state index in [-0.39, 0.29) is 0 Å². The second-order valence-corrected chi connectivity index (χ2v) is 5.85. The zero-order valence-corrected chi connectivity index (χ0v) is 11.7. The minimum Gasteiger partial charge on any atom is -0.493 e. The van der Waals surface area contributed by atoms with Crippen LogP contribution in [-0.4, -0.2) is 11.6 Å². The van der Waals surface area contributed by atoms with Gasteiger partial charge >= 0.3 is 0 Å². The number of para-hydroxylation sites is 1. The van der Waals surface area contributed by atoms with Crippen molar-refractivity contribution in [2.24, 2.45) is 0 Å². The maximum atomic E-state index is 5.83. The molecule has 0 unspecified atom stereocenters. The summed E-state index contributed by atoms with van der Waals surface area (Å²) in [5.74, 6) is 0.992. The van der Waals surface area contributed by atoms with E-state index in [0.29, 0.717) is 0 Å². The average molecular weight is 279 g/mol. The minimum absolute atomic E-state index is 0.743. The second kappa shape index (κ2) is 4.76. The average Bonchev–Trinajstić information content (AvgIpc) is 2.85. The first-order valence-corrected chi connectivity index (χ1v) is 7.49. The van der Waals surface area contributed by atoms with Crippen LogP contribution >= 0.6 is 11.3 Å². The van der Waals surface area contributed by atoms with Crippen LogP contribution < -0.4 is 4.74 Å². The molecular formula is C17H13NOS. The molecule has 3 heterocycles. The van der Waals surface area contributed by atoms with Crippen LogP contribution in [-0.2, 0) is 6.42 Å². The zero-order valence-electron chi connectivity index (χ0n) is 10.9. The van der Waals surface area contributed by atoms with E-state index < -0.39 is 0 Å². The quantitative estimate of drug-likeness (QED) is 0.658. The Bertz CT molecular complexity index is 749. The van der Waals surface area contributed by atoms with E-state index in [0.717, 1.165) is 18.8 Å². The third-order valence-corrected chi connectivity index (χ3v) is 4.78. The first kappa shape index (κ1) is 11.7. The monoisotopic (exact) mass is 279 g/mol. The van der Waals surface area contributed by atoms with Gasteiger partial charge in [-0.25, -0.2) is 0 Å². The Morgan fingerprint density at radius 3 is 2.95 bits per heavy atom. The number of benzene rings is 1. The highest BCUT2D eigenvalue weighted by atomic mass is 32.1. The molecule has 1 aromatic carbocycles. The summed E-state index contributed by atoms with van der Waals surface area (Å²) in [4.78, 5) is 6.82. The Labute approximate surface area is 121 Å². The molecule has 1 aliphatic rings. The molecule has 4 rings (SSSR count). The van der Waals surface area contributed by atoms with Crippen molar-refractivity contribution in [3.63, 3.8) is 0 Å². The molecule has 3 heteroatoms. The Kier molecular flexibility index (Phi) is 2.78. The SMILES string of the molecule is c1cncc(-c2cc3c(s2)-c2ccccc2OCC3)c1. The molecule has 2 aromatic heterocycles. The Morgan fingerprint density at radius 1 is 1.10 bits per heavy atom. The smallest absolute Gasteiger partial charge is 0.127 e. The molecular weight excluding hydrogens is 266 g/mol. The lowest BCUT2D eigenvalue weighted by Gasteiger charge is -2.05. The summed E-state index contributed by atoms with van der Waals surface area (Å²) in [6, 6.07) is 14.7. The fourth-order valence-corrected chi connectivity index (χ4v) is 3.77. The molecule has 0 atom stereocenters. The number of pyridine rings is 1. The van der Waals surface area contributed by atoms with Gasteiger partial charge in [0.1, 0.15) is 5.75 Å². The molecule has 1 aliphatic heterocycles. The van der Waals surface area contributed by atoms with Crippen LogP contribution in [0.25, 0.3) is 20.9 Å². The van der Waals surface area contributed by atoms with E-state index >= 15 is 0 Å². The summed E-state index contributed by atoms with van der Waals surface area (Å²) in [6.07, 6.45) is 4.69. The van der Waals surface area contributed by atoms with Gasteiger partial charge in [0.05, 0.1) is 6.61 Å². The molecule has 0 amide bonds. The number of ether oxygens (including phenoxy) is 1. The van der Waals surface area contributed by atoms with Gasteiger partial charge in [0.15, 0.2) is 0 Å². The molecule has 0 radical (unpaired) electrons. The standard InChI is InChI=1S/C17H13NOS/c1-2-6-15-14(5-1)17-12(7-9-19-15)10-16(20-17)13-4-3-8-18-11-13/h1-6,8,10-11H,7,9H2. The molecule has 0 saturated carbocycles. The van der Waals surface area contributed by atoms with Crippen LogP contribution in [0.2, 0.25) is 0 Å². The Balaban J connectivity index is 1.88. The van der Waals surface area contributed by atoms with Gasteiger partial charge in [-0.2, -0.15) is 0 Å². The Morgan fingerprint density at radius 2 is 2.05 bits per heavy atom. The normalized spacial score (nSPS) is 13.0. The largest absolute Gasteiger partial charge is 0.493 e. The lowest BCUT2D eigenvalue weighted by atomic mass is 10.1. The Hall–Kier alpha value is -2.13. The predicted molar refractivity (Wildman–Crippen MR) is 82.2 cm³/mol. The zero-order chi connectivity index (χ0) is 13.4. The molecule has 0 saturated heterocycles. The minimum atomic E-state index is 0.743. The summed E-state index contributed by atoms with van der Waals surface area (Å²) < 4.78 is 5.83. The fraction of sp³-hybridized carbons (Fsp3) is 0.118. The lowest BCUT2D eigenvalue weighted by molar-refractivity contribution is 0.326. The van der Waals surface area contributed by atoms with Crippen LogP contribution in [0.15, 0.2) is 54.9 Å². The molecule has 0 N–H and O–H groups in total. The van der Waals surface area contributed by atoms with Crippen molar-refractivity contribution < 1.29 is 4.74 Å². The van der Waals surface area contributed by atoms with E-state index in [1.165, 1.54) is 26.4 Å². The van der Waals surface area contributed by atoms with Crippen LogP contribution in [0.4, 0.5) is 0 Å². The number of nitrogens with zero attached hydrogens (tertiary/aromatic N) is 1. The van der Waals surface area contributed by atoms with Gasteiger partial charge in [0.25, 0.3) is 0 Å². The third-order valence-electron chi connectivity index (χ3n) is 3.52. The van der Waals surface area contributed by atoms with E-state index in [1.807, 2.05) is 41.9 Å². The van der Waals surface area contributed by atoms with Crippen molar-refractivity contribution in [1.82, 2.24) is 4.98 Å². The van der Waals surface area contributed by atoms with E-state index in [1.54, 1.807) is 0 Å². The topological polar surface area (TPSA) is 22.1 Å². The highest BCUT2D eigenvalue weighted by molar-refractivity contribution is 7.19. The number of thiophene rings is 1. The van der Waals surface area contributed by atoms with E-state index in [9.17, 15) is 0 Å². The molecule has 2 nitrogen and oxygen atoms in total. The van der Waals surface area contributed by atoms with Gasteiger partial charge in [-0.3, -0.25) is 4.98 Å². The summed E-state index contributed by atoms with van der Waals surface area (Å²) in [5, 5.41) is 0. The highest BCUT2D eigenvalue weighted by Gasteiger charge is 2.18. The summed E-state index contributed by atoms with van der Waals surface area (Å²) >= 11 is 1.82. The summed E-state index contributed by atoms with van der Waals surface area (Å²) in [6.45, 7) is 0.743. The number of fused-ring (bicyclic) bond motifs is 3. The molecule has 20 heavy (non-hydrogen) atoms. The van der Waals surface area contributed by atoms with Crippen molar-refractivity contribution in [2.75, 3.05) is 6.61 Å². The van der Waals surface area contributed by atoms with Crippen molar-refractivity contribution in [3.8, 4) is 26.6 Å². The highest BCUT2D eigenvalue weighted by Crippen LogP contribution is 2.43. The first-order chi connectivity index (χ1) is 9.92. The van der Waals surface area contributed by atoms with Gasteiger partial charge in [-0.15, -0.1) is 11.3 Å². The van der Waals surface area contributed by atoms with Gasteiger partial charge < -0.3 is 4.74 Å². The van der Waals surface area contributed by atoms with Crippen molar-refractivity contribution in [3.05, 3.63) is 60.4 Å². The number of aromatic nitrogens is 1. The maximum Gasteiger partial charge on any atom is 0.127 e. The van der Waals surface area contributed by atoms with Gasteiger partial charge in [0, 0.05) is 39.7 Å². The maximum absolute atomic E-state index is 5.83. The van der Waals surface area contributed by atoms with Crippen LogP contribution in [0, 0.1) is 0 Å². The predicted octanol–water partition coefficient (Wildman–Crippen LogP) is 4.41. The third kappa shape index (κ3) is 1.91. The molecule has 0 spiro atoms. The number of hydrogen-bond donors (Lipinski definition) is 0. The number of rotatable bonds is 1.